The molecule has 1 fully saturated rings. The van der Waals surface area contributed by atoms with Crippen LogP contribution in [0.25, 0.3) is 0 Å². The van der Waals surface area contributed by atoms with E-state index in [4.69, 9.17) is 0 Å². The lowest BCUT2D eigenvalue weighted by Gasteiger charge is -2.41. The summed E-state index contributed by atoms with van der Waals surface area (Å²) >= 11 is 3.49. The van der Waals surface area contributed by atoms with Crippen LogP contribution < -0.4 is 5.32 Å². The van der Waals surface area contributed by atoms with Crippen LogP contribution in [0.4, 0.5) is 4.39 Å². The van der Waals surface area contributed by atoms with Crippen LogP contribution in [-0.2, 0) is 6.54 Å². The Labute approximate surface area is 136 Å². The number of nitrogens with one attached hydrogen (secondary N) is 1. The second kappa shape index (κ2) is 7.70. The lowest BCUT2D eigenvalue weighted by atomic mass is 9.98. The first-order valence-corrected chi connectivity index (χ1v) is 8.70. The molecule has 2 rings (SSSR count). The largest absolute Gasteiger partial charge is 0.311 e. The Hall–Kier alpha value is -0.450. The lowest BCUT2D eigenvalue weighted by molar-refractivity contribution is 0.111. The minimum atomic E-state index is -0.185. The van der Waals surface area contributed by atoms with E-state index < -0.39 is 0 Å². The summed E-state index contributed by atoms with van der Waals surface area (Å²) in [6, 6.07) is 6.13. The summed E-state index contributed by atoms with van der Waals surface area (Å²) in [4.78, 5) is 2.54. The van der Waals surface area contributed by atoms with E-state index in [2.05, 4.69) is 46.9 Å². The van der Waals surface area contributed by atoms with E-state index in [0.717, 1.165) is 30.5 Å². The second-order valence-corrected chi connectivity index (χ2v) is 7.32. The third-order valence-electron chi connectivity index (χ3n) is 4.23. The minimum absolute atomic E-state index is 0.185. The van der Waals surface area contributed by atoms with E-state index in [9.17, 15) is 4.39 Å². The van der Waals surface area contributed by atoms with Gasteiger partial charge >= 0.3 is 0 Å². The van der Waals surface area contributed by atoms with Gasteiger partial charge in [0.05, 0.1) is 0 Å². The summed E-state index contributed by atoms with van der Waals surface area (Å²) in [6.45, 7) is 9.79. The molecule has 0 bridgehead atoms. The molecule has 2 unspecified atom stereocenters. The number of hydrogen-bond acceptors (Lipinski definition) is 2. The number of hydrogen-bond donors (Lipinski definition) is 1. The first kappa shape index (κ1) is 16.9. The summed E-state index contributed by atoms with van der Waals surface area (Å²) in [5.41, 5.74) is 1.17. The van der Waals surface area contributed by atoms with Gasteiger partial charge in [0.25, 0.3) is 0 Å². The van der Waals surface area contributed by atoms with Crippen molar-refractivity contribution in [2.75, 3.05) is 13.1 Å². The molecule has 1 N–H and O–H groups in total. The van der Waals surface area contributed by atoms with Crippen molar-refractivity contribution in [3.05, 3.63) is 34.1 Å². The monoisotopic (exact) mass is 356 g/mol. The molecule has 0 amide bonds. The third-order valence-corrected chi connectivity index (χ3v) is 4.97. The Morgan fingerprint density at radius 1 is 1.43 bits per heavy atom. The van der Waals surface area contributed by atoms with Crippen molar-refractivity contribution in [3.63, 3.8) is 0 Å². The van der Waals surface area contributed by atoms with Crippen LogP contribution in [0.1, 0.15) is 39.2 Å². The zero-order valence-electron chi connectivity index (χ0n) is 13.2. The molecule has 4 heteroatoms. The highest BCUT2D eigenvalue weighted by Crippen LogP contribution is 2.23. The summed E-state index contributed by atoms with van der Waals surface area (Å²) < 4.78 is 14.1. The van der Waals surface area contributed by atoms with Gasteiger partial charge in [-0.05, 0) is 36.5 Å². The van der Waals surface area contributed by atoms with E-state index in [1.807, 2.05) is 6.07 Å². The van der Waals surface area contributed by atoms with Crippen molar-refractivity contribution in [2.45, 2.75) is 52.2 Å². The van der Waals surface area contributed by atoms with Gasteiger partial charge in [0.15, 0.2) is 0 Å². The van der Waals surface area contributed by atoms with Crippen LogP contribution in [0.5, 0.6) is 0 Å². The van der Waals surface area contributed by atoms with Gasteiger partial charge in [-0.2, -0.15) is 0 Å². The van der Waals surface area contributed by atoms with Crippen molar-refractivity contribution < 1.29 is 4.39 Å². The predicted octanol–water partition coefficient (Wildman–Crippen LogP) is 4.19. The molecule has 0 radical (unpaired) electrons. The fourth-order valence-corrected chi connectivity index (χ4v) is 3.60. The van der Waals surface area contributed by atoms with E-state index in [1.54, 1.807) is 12.1 Å². The molecule has 0 spiro atoms. The van der Waals surface area contributed by atoms with Crippen molar-refractivity contribution >= 4 is 15.9 Å². The maximum absolute atomic E-state index is 13.2. The number of piperazine rings is 1. The Kier molecular flexibility index (Phi) is 6.20. The molecule has 0 aliphatic carbocycles. The number of nitrogens with zero attached hydrogens (tertiary/aromatic N) is 1. The van der Waals surface area contributed by atoms with Crippen molar-refractivity contribution in [2.24, 2.45) is 5.92 Å². The van der Waals surface area contributed by atoms with Crippen molar-refractivity contribution in [1.82, 2.24) is 10.2 Å². The van der Waals surface area contributed by atoms with Crippen LogP contribution in [0.15, 0.2) is 22.7 Å². The molecule has 1 heterocycles. The highest BCUT2D eigenvalue weighted by Gasteiger charge is 2.27. The van der Waals surface area contributed by atoms with E-state index in [0.29, 0.717) is 18.0 Å². The summed E-state index contributed by atoms with van der Waals surface area (Å²) in [6.07, 6.45) is 2.34. The topological polar surface area (TPSA) is 15.3 Å². The first-order chi connectivity index (χ1) is 9.99. The molecule has 2 atom stereocenters. The highest BCUT2D eigenvalue weighted by molar-refractivity contribution is 9.10. The van der Waals surface area contributed by atoms with Crippen molar-refractivity contribution in [3.8, 4) is 0 Å². The lowest BCUT2D eigenvalue weighted by Crippen LogP contribution is -2.56. The molecule has 1 aliphatic heterocycles. The number of halogens is 2. The van der Waals surface area contributed by atoms with Gasteiger partial charge in [-0.15, -0.1) is 0 Å². The molecule has 0 aromatic heterocycles. The third kappa shape index (κ3) is 4.76. The molecule has 21 heavy (non-hydrogen) atoms. The van der Waals surface area contributed by atoms with Gasteiger partial charge in [0, 0.05) is 36.2 Å². The van der Waals surface area contributed by atoms with Crippen molar-refractivity contribution in [1.29, 1.82) is 0 Å². The molecule has 1 aliphatic rings. The van der Waals surface area contributed by atoms with Gasteiger partial charge in [-0.3, -0.25) is 4.90 Å². The van der Waals surface area contributed by atoms with Gasteiger partial charge in [-0.25, -0.2) is 4.39 Å². The molecule has 1 aromatic rings. The Balaban J connectivity index is 2.06. The van der Waals surface area contributed by atoms with Gasteiger partial charge in [0.2, 0.25) is 0 Å². The predicted molar refractivity (Wildman–Crippen MR) is 89.8 cm³/mol. The van der Waals surface area contributed by atoms with Crippen LogP contribution in [0, 0.1) is 11.7 Å². The van der Waals surface area contributed by atoms with Gasteiger partial charge < -0.3 is 5.32 Å². The van der Waals surface area contributed by atoms with Crippen LogP contribution >= 0.6 is 15.9 Å². The number of benzene rings is 1. The summed E-state index contributed by atoms with van der Waals surface area (Å²) in [5.74, 6) is 0.524. The van der Waals surface area contributed by atoms with E-state index >= 15 is 0 Å². The minimum Gasteiger partial charge on any atom is -0.311 e. The average molecular weight is 357 g/mol. The fraction of sp³-hybridized carbons (Fsp3) is 0.647. The van der Waals surface area contributed by atoms with Crippen LogP contribution in [0.2, 0.25) is 0 Å². The van der Waals surface area contributed by atoms with E-state index in [-0.39, 0.29) is 5.82 Å². The molecule has 2 nitrogen and oxygen atoms in total. The van der Waals surface area contributed by atoms with E-state index in [1.165, 1.54) is 12.0 Å². The number of rotatable bonds is 5. The first-order valence-electron chi connectivity index (χ1n) is 7.91. The summed E-state index contributed by atoms with van der Waals surface area (Å²) in [7, 11) is 0. The van der Waals surface area contributed by atoms with Gasteiger partial charge in [-0.1, -0.05) is 42.8 Å². The van der Waals surface area contributed by atoms with Crippen LogP contribution in [-0.4, -0.2) is 30.1 Å². The molecular weight excluding hydrogens is 331 g/mol. The SMILES string of the molecule is CCC1CNC(CC(C)C)CN1Cc1ccc(F)cc1Br. The quantitative estimate of drug-likeness (QED) is 0.850. The Morgan fingerprint density at radius 3 is 2.81 bits per heavy atom. The maximum atomic E-state index is 13.2. The summed E-state index contributed by atoms with van der Waals surface area (Å²) in [5, 5.41) is 3.68. The Bertz CT molecular complexity index is 464. The molecule has 118 valence electrons. The molecular formula is C17H26BrFN2. The zero-order valence-corrected chi connectivity index (χ0v) is 14.8. The average Bonchev–Trinajstić information content (AvgIpc) is 2.41. The fourth-order valence-electron chi connectivity index (χ4n) is 3.12. The molecule has 1 aromatic carbocycles. The van der Waals surface area contributed by atoms with Crippen LogP contribution in [0.3, 0.4) is 0 Å². The molecule has 1 saturated heterocycles. The normalized spacial score (nSPS) is 23.7. The highest BCUT2D eigenvalue weighted by atomic mass is 79.9. The zero-order chi connectivity index (χ0) is 15.4. The van der Waals surface area contributed by atoms with Gasteiger partial charge in [0.1, 0.15) is 5.82 Å². The maximum Gasteiger partial charge on any atom is 0.124 e. The smallest absolute Gasteiger partial charge is 0.124 e. The Morgan fingerprint density at radius 2 is 2.19 bits per heavy atom. The standard InChI is InChI=1S/C17H26BrFN2/c1-4-16-9-20-15(7-12(2)3)11-21(16)10-13-5-6-14(19)8-17(13)18/h5-6,8,12,15-16,20H,4,7,9-11H2,1-3H3. The second-order valence-electron chi connectivity index (χ2n) is 6.46. The molecule has 0 saturated carbocycles.